The van der Waals surface area contributed by atoms with Crippen molar-refractivity contribution in [2.24, 2.45) is 5.92 Å². The molecule has 0 fully saturated rings. The second kappa shape index (κ2) is 5.86. The molecule has 0 amide bonds. The van der Waals surface area contributed by atoms with Gasteiger partial charge in [0.1, 0.15) is 5.82 Å². The van der Waals surface area contributed by atoms with Crippen molar-refractivity contribution in [2.75, 3.05) is 0 Å². The van der Waals surface area contributed by atoms with E-state index in [2.05, 4.69) is 29.8 Å². The van der Waals surface area contributed by atoms with Crippen LogP contribution in [-0.2, 0) is 6.42 Å². The first kappa shape index (κ1) is 13.0. The molecule has 0 bridgehead atoms. The minimum absolute atomic E-state index is 0.198. The summed E-state index contributed by atoms with van der Waals surface area (Å²) in [6, 6.07) is 4.84. The monoisotopic (exact) mass is 292 g/mol. The Kier molecular flexibility index (Phi) is 5.07. The molecule has 0 saturated carbocycles. The predicted molar refractivity (Wildman–Crippen MR) is 67.3 cm³/mol. The van der Waals surface area contributed by atoms with Crippen molar-refractivity contribution in [3.05, 3.63) is 34.6 Å². The van der Waals surface area contributed by atoms with Gasteiger partial charge in [0.05, 0.1) is 0 Å². The lowest BCUT2D eigenvalue weighted by Gasteiger charge is -2.14. The third-order valence-corrected chi connectivity index (χ3v) is 3.07. The molecule has 3 heteroatoms. The summed E-state index contributed by atoms with van der Waals surface area (Å²) in [5, 5.41) is 0.532. The average Bonchev–Trinajstić information content (AvgIpc) is 2.10. The second-order valence-corrected chi connectivity index (χ2v) is 6.00. The van der Waals surface area contributed by atoms with Crippen LogP contribution in [0.1, 0.15) is 25.8 Å². The van der Waals surface area contributed by atoms with Crippen molar-refractivity contribution in [1.82, 2.24) is 0 Å². The van der Waals surface area contributed by atoms with Crippen molar-refractivity contribution < 1.29 is 4.39 Å². The maximum atomic E-state index is 13.5. The van der Waals surface area contributed by atoms with Crippen LogP contribution in [0, 0.1) is 11.7 Å². The van der Waals surface area contributed by atoms with Gasteiger partial charge in [0.15, 0.2) is 0 Å². The van der Waals surface area contributed by atoms with Gasteiger partial charge < -0.3 is 0 Å². The summed E-state index contributed by atoms with van der Waals surface area (Å²) in [6.07, 6.45) is 1.71. The van der Waals surface area contributed by atoms with Crippen LogP contribution in [0.2, 0.25) is 5.02 Å². The van der Waals surface area contributed by atoms with Gasteiger partial charge >= 0.3 is 0 Å². The molecule has 0 aliphatic heterocycles. The van der Waals surface area contributed by atoms with Gasteiger partial charge in [-0.2, -0.15) is 0 Å². The third kappa shape index (κ3) is 4.12. The lowest BCUT2D eigenvalue weighted by molar-refractivity contribution is 0.512. The zero-order chi connectivity index (χ0) is 11.4. The number of hydrogen-bond acceptors (Lipinski definition) is 0. The molecule has 0 saturated heterocycles. The highest BCUT2D eigenvalue weighted by molar-refractivity contribution is 9.09. The van der Waals surface area contributed by atoms with Crippen LogP contribution in [0.5, 0.6) is 0 Å². The lowest BCUT2D eigenvalue weighted by atomic mass is 9.96. The first-order valence-corrected chi connectivity index (χ1v) is 6.37. The van der Waals surface area contributed by atoms with Gasteiger partial charge in [0.2, 0.25) is 0 Å². The summed E-state index contributed by atoms with van der Waals surface area (Å²) in [5.41, 5.74) is 0.639. The van der Waals surface area contributed by atoms with E-state index in [1.807, 2.05) is 0 Å². The van der Waals surface area contributed by atoms with Gasteiger partial charge in [-0.3, -0.25) is 0 Å². The summed E-state index contributed by atoms with van der Waals surface area (Å²) >= 11 is 9.46. The molecule has 0 N–H and O–H groups in total. The standard InChI is InChI=1S/C12H15BrClF/c1-8(6-9(2)13)7-10-11(14)4-3-5-12(10)15/h3-5,8-9H,6-7H2,1-2H3. The van der Waals surface area contributed by atoms with E-state index in [4.69, 9.17) is 11.6 Å². The second-order valence-electron chi connectivity index (χ2n) is 4.03. The molecule has 0 aliphatic carbocycles. The average molecular weight is 294 g/mol. The predicted octanol–water partition coefficient (Wildman–Crippen LogP) is 4.83. The third-order valence-electron chi connectivity index (χ3n) is 2.34. The molecule has 0 heterocycles. The summed E-state index contributed by atoms with van der Waals surface area (Å²) in [6.45, 7) is 4.21. The fourth-order valence-electron chi connectivity index (χ4n) is 1.71. The van der Waals surface area contributed by atoms with Crippen LogP contribution in [0.4, 0.5) is 4.39 Å². The fraction of sp³-hybridized carbons (Fsp3) is 0.500. The molecule has 0 aliphatic rings. The Morgan fingerprint density at radius 2 is 2.07 bits per heavy atom. The zero-order valence-electron chi connectivity index (χ0n) is 8.93. The van der Waals surface area contributed by atoms with Crippen LogP contribution in [0.3, 0.4) is 0 Å². The van der Waals surface area contributed by atoms with Crippen LogP contribution in [0.25, 0.3) is 0 Å². The van der Waals surface area contributed by atoms with E-state index in [1.54, 1.807) is 12.1 Å². The minimum atomic E-state index is -0.198. The van der Waals surface area contributed by atoms with Gasteiger partial charge in [-0.15, -0.1) is 0 Å². The van der Waals surface area contributed by atoms with E-state index in [-0.39, 0.29) is 5.82 Å². The highest BCUT2D eigenvalue weighted by atomic mass is 79.9. The molecular formula is C12H15BrClF. The van der Waals surface area contributed by atoms with Crippen molar-refractivity contribution in [2.45, 2.75) is 31.5 Å². The van der Waals surface area contributed by atoms with Gasteiger partial charge in [-0.05, 0) is 30.9 Å². The Bertz CT molecular complexity index is 305. The number of hydrogen-bond donors (Lipinski definition) is 0. The first-order valence-electron chi connectivity index (χ1n) is 5.07. The van der Waals surface area contributed by atoms with Gasteiger partial charge in [-0.25, -0.2) is 4.39 Å². The molecule has 2 atom stereocenters. The smallest absolute Gasteiger partial charge is 0.127 e. The van der Waals surface area contributed by atoms with E-state index < -0.39 is 0 Å². The summed E-state index contributed by atoms with van der Waals surface area (Å²) in [7, 11) is 0. The fourth-order valence-corrected chi connectivity index (χ4v) is 2.59. The van der Waals surface area contributed by atoms with Gasteiger partial charge in [0.25, 0.3) is 0 Å². The topological polar surface area (TPSA) is 0 Å². The first-order chi connectivity index (χ1) is 7.00. The molecule has 2 unspecified atom stereocenters. The van der Waals surface area contributed by atoms with Crippen molar-refractivity contribution in [3.63, 3.8) is 0 Å². The number of benzene rings is 1. The highest BCUT2D eigenvalue weighted by Gasteiger charge is 2.12. The molecule has 0 radical (unpaired) electrons. The molecule has 15 heavy (non-hydrogen) atoms. The Hall–Kier alpha value is -0.0800. The Morgan fingerprint density at radius 1 is 1.40 bits per heavy atom. The van der Waals surface area contributed by atoms with Crippen LogP contribution in [-0.4, -0.2) is 4.83 Å². The van der Waals surface area contributed by atoms with Crippen molar-refractivity contribution in [1.29, 1.82) is 0 Å². The number of rotatable bonds is 4. The molecule has 0 aromatic heterocycles. The molecule has 1 aromatic rings. The van der Waals surface area contributed by atoms with Crippen molar-refractivity contribution in [3.8, 4) is 0 Å². The molecule has 1 aromatic carbocycles. The molecule has 1 rings (SSSR count). The van der Waals surface area contributed by atoms with Gasteiger partial charge in [-0.1, -0.05) is 47.4 Å². The van der Waals surface area contributed by atoms with E-state index in [9.17, 15) is 4.39 Å². The Morgan fingerprint density at radius 3 is 2.60 bits per heavy atom. The Balaban J connectivity index is 2.71. The Labute approximate surface area is 104 Å². The van der Waals surface area contributed by atoms with E-state index in [0.717, 1.165) is 6.42 Å². The lowest BCUT2D eigenvalue weighted by Crippen LogP contribution is -2.07. The van der Waals surface area contributed by atoms with Crippen LogP contribution in [0.15, 0.2) is 18.2 Å². The molecule has 0 spiro atoms. The largest absolute Gasteiger partial charge is 0.207 e. The molecular weight excluding hydrogens is 278 g/mol. The zero-order valence-corrected chi connectivity index (χ0v) is 11.3. The van der Waals surface area contributed by atoms with Crippen molar-refractivity contribution >= 4 is 27.5 Å². The summed E-state index contributed by atoms with van der Waals surface area (Å²) < 4.78 is 13.5. The normalized spacial score (nSPS) is 15.0. The summed E-state index contributed by atoms with van der Waals surface area (Å²) in [4.78, 5) is 0.457. The SMILES string of the molecule is CC(Br)CC(C)Cc1c(F)cccc1Cl. The molecule has 84 valence electrons. The van der Waals surface area contributed by atoms with E-state index in [0.29, 0.717) is 27.8 Å². The van der Waals surface area contributed by atoms with E-state index in [1.165, 1.54) is 6.07 Å². The summed E-state index contributed by atoms with van der Waals surface area (Å²) in [5.74, 6) is 0.227. The molecule has 0 nitrogen and oxygen atoms in total. The van der Waals surface area contributed by atoms with E-state index >= 15 is 0 Å². The number of halogens is 3. The maximum absolute atomic E-state index is 13.5. The number of alkyl halides is 1. The van der Waals surface area contributed by atoms with Gasteiger partial charge in [0, 0.05) is 15.4 Å². The quantitative estimate of drug-likeness (QED) is 0.697. The highest BCUT2D eigenvalue weighted by Crippen LogP contribution is 2.24. The van der Waals surface area contributed by atoms with Crippen LogP contribution >= 0.6 is 27.5 Å². The maximum Gasteiger partial charge on any atom is 0.127 e. The van der Waals surface area contributed by atoms with Crippen LogP contribution < -0.4 is 0 Å². The minimum Gasteiger partial charge on any atom is -0.207 e.